The number of halogens is 1. The third-order valence-corrected chi connectivity index (χ3v) is 5.96. The van der Waals surface area contributed by atoms with Crippen LogP contribution < -0.4 is 10.6 Å². The van der Waals surface area contributed by atoms with Crippen molar-refractivity contribution in [1.82, 2.24) is 20.1 Å². The number of rotatable bonds is 9. The lowest BCUT2D eigenvalue weighted by molar-refractivity contribution is -0.113. The average Bonchev–Trinajstić information content (AvgIpc) is 3.14. The number of benzene rings is 2. The second kappa shape index (κ2) is 10.9. The number of nitrogens with zero attached hydrogens (tertiary/aromatic N) is 3. The molecule has 2 N–H and O–H groups in total. The van der Waals surface area contributed by atoms with Gasteiger partial charge in [0, 0.05) is 16.7 Å². The van der Waals surface area contributed by atoms with Gasteiger partial charge in [0.25, 0.3) is 5.91 Å². The average molecular weight is 500 g/mol. The zero-order chi connectivity index (χ0) is 22.2. The molecule has 0 bridgehead atoms. The van der Waals surface area contributed by atoms with Gasteiger partial charge in [-0.2, -0.15) is 0 Å². The Balaban J connectivity index is 1.61. The minimum atomic E-state index is -0.215. The molecule has 2 amide bonds. The number of hydrogen-bond donors (Lipinski definition) is 2. The summed E-state index contributed by atoms with van der Waals surface area (Å²) in [6.07, 6.45) is 1.72. The number of thioether (sulfide) groups is 1. The highest BCUT2D eigenvalue weighted by atomic mass is 79.9. The molecule has 3 rings (SSSR count). The van der Waals surface area contributed by atoms with Crippen LogP contribution in [0.3, 0.4) is 0 Å². The number of amides is 2. The molecule has 3 aromatic rings. The molecule has 2 aromatic carbocycles. The maximum absolute atomic E-state index is 12.4. The SMILES string of the molecule is C=CCn1c(CNC(=O)c2ccccc2Br)nnc1SCC(=O)Nc1ccc(C)cc1. The van der Waals surface area contributed by atoms with E-state index < -0.39 is 0 Å². The highest BCUT2D eigenvalue weighted by Gasteiger charge is 2.15. The minimum Gasteiger partial charge on any atom is -0.345 e. The van der Waals surface area contributed by atoms with E-state index in [0.29, 0.717) is 23.1 Å². The lowest BCUT2D eigenvalue weighted by Gasteiger charge is -2.10. The summed E-state index contributed by atoms with van der Waals surface area (Å²) in [5, 5.41) is 14.7. The van der Waals surface area contributed by atoms with Crippen LogP contribution in [0.1, 0.15) is 21.7 Å². The molecule has 0 aliphatic rings. The summed E-state index contributed by atoms with van der Waals surface area (Å²) in [6.45, 7) is 6.44. The first-order valence-corrected chi connectivity index (χ1v) is 11.3. The van der Waals surface area contributed by atoms with Gasteiger partial charge in [-0.05, 0) is 47.1 Å². The van der Waals surface area contributed by atoms with Gasteiger partial charge < -0.3 is 15.2 Å². The van der Waals surface area contributed by atoms with E-state index in [9.17, 15) is 9.59 Å². The Bertz CT molecular complexity index is 1080. The smallest absolute Gasteiger partial charge is 0.252 e. The molecule has 0 unspecified atom stereocenters. The van der Waals surface area contributed by atoms with Crippen molar-refractivity contribution in [2.45, 2.75) is 25.2 Å². The van der Waals surface area contributed by atoms with Crippen LogP contribution in [-0.4, -0.2) is 32.3 Å². The Hall–Kier alpha value is -2.91. The fraction of sp³-hybridized carbons (Fsp3) is 0.182. The molecule has 0 atom stereocenters. The third-order valence-electron chi connectivity index (χ3n) is 4.30. The number of aryl methyl sites for hydroxylation is 1. The van der Waals surface area contributed by atoms with Gasteiger partial charge in [0.15, 0.2) is 11.0 Å². The first-order chi connectivity index (χ1) is 15.0. The zero-order valence-corrected chi connectivity index (χ0v) is 19.4. The molecule has 9 heteroatoms. The number of aromatic nitrogens is 3. The van der Waals surface area contributed by atoms with Crippen molar-refractivity contribution in [3.8, 4) is 0 Å². The van der Waals surface area contributed by atoms with Gasteiger partial charge in [-0.15, -0.1) is 16.8 Å². The van der Waals surface area contributed by atoms with E-state index in [1.807, 2.05) is 47.9 Å². The van der Waals surface area contributed by atoms with Gasteiger partial charge in [0.1, 0.15) is 0 Å². The van der Waals surface area contributed by atoms with Crippen LogP contribution in [-0.2, 0) is 17.9 Å². The molecule has 0 aliphatic carbocycles. The number of hydrogen-bond acceptors (Lipinski definition) is 5. The Morgan fingerprint density at radius 1 is 1.16 bits per heavy atom. The lowest BCUT2D eigenvalue weighted by atomic mass is 10.2. The quantitative estimate of drug-likeness (QED) is 0.340. The fourth-order valence-corrected chi connectivity index (χ4v) is 3.96. The molecule has 1 heterocycles. The van der Waals surface area contributed by atoms with Crippen molar-refractivity contribution in [3.05, 3.63) is 82.6 Å². The Morgan fingerprint density at radius 3 is 2.61 bits per heavy atom. The van der Waals surface area contributed by atoms with Crippen LogP contribution in [0.2, 0.25) is 0 Å². The highest BCUT2D eigenvalue weighted by Crippen LogP contribution is 2.19. The van der Waals surface area contributed by atoms with Crippen molar-refractivity contribution in [3.63, 3.8) is 0 Å². The molecule has 0 spiro atoms. The molecular weight excluding hydrogens is 478 g/mol. The van der Waals surface area contributed by atoms with E-state index in [0.717, 1.165) is 15.7 Å². The van der Waals surface area contributed by atoms with Crippen LogP contribution in [0.25, 0.3) is 0 Å². The van der Waals surface area contributed by atoms with E-state index in [4.69, 9.17) is 0 Å². The molecule has 0 aliphatic heterocycles. The lowest BCUT2D eigenvalue weighted by Crippen LogP contribution is -2.25. The summed E-state index contributed by atoms with van der Waals surface area (Å²) in [5.41, 5.74) is 2.42. The van der Waals surface area contributed by atoms with Crippen LogP contribution >= 0.6 is 27.7 Å². The van der Waals surface area contributed by atoms with E-state index in [1.165, 1.54) is 11.8 Å². The first kappa shape index (κ1) is 22.8. The predicted octanol–water partition coefficient (Wildman–Crippen LogP) is 4.20. The highest BCUT2D eigenvalue weighted by molar-refractivity contribution is 9.10. The largest absolute Gasteiger partial charge is 0.345 e. The fourth-order valence-electron chi connectivity index (χ4n) is 2.73. The van der Waals surface area contributed by atoms with Gasteiger partial charge in [-0.1, -0.05) is 47.7 Å². The van der Waals surface area contributed by atoms with E-state index >= 15 is 0 Å². The third kappa shape index (κ3) is 6.28. The molecule has 1 aromatic heterocycles. The topological polar surface area (TPSA) is 88.9 Å². The van der Waals surface area contributed by atoms with Crippen molar-refractivity contribution >= 4 is 45.2 Å². The van der Waals surface area contributed by atoms with Gasteiger partial charge >= 0.3 is 0 Å². The number of carbonyl (C=O) groups excluding carboxylic acids is 2. The molecule has 0 radical (unpaired) electrons. The summed E-state index contributed by atoms with van der Waals surface area (Å²) in [7, 11) is 0. The molecule has 160 valence electrons. The number of carbonyl (C=O) groups is 2. The normalized spacial score (nSPS) is 10.5. The Morgan fingerprint density at radius 2 is 1.90 bits per heavy atom. The molecule has 7 nitrogen and oxygen atoms in total. The van der Waals surface area contributed by atoms with Crippen molar-refractivity contribution in [2.24, 2.45) is 0 Å². The summed E-state index contributed by atoms with van der Waals surface area (Å²) in [6, 6.07) is 14.8. The summed E-state index contributed by atoms with van der Waals surface area (Å²) in [4.78, 5) is 24.7. The number of nitrogens with one attached hydrogen (secondary N) is 2. The van der Waals surface area contributed by atoms with E-state index in [2.05, 4.69) is 43.3 Å². The molecule has 0 fully saturated rings. The van der Waals surface area contributed by atoms with Gasteiger partial charge in [0.05, 0.1) is 17.9 Å². The molecular formula is C22H22BrN5O2S. The maximum atomic E-state index is 12.4. The minimum absolute atomic E-state index is 0.134. The van der Waals surface area contributed by atoms with Gasteiger partial charge in [0.2, 0.25) is 5.91 Å². The predicted molar refractivity (Wildman–Crippen MR) is 126 cm³/mol. The monoisotopic (exact) mass is 499 g/mol. The molecule has 0 saturated carbocycles. The first-order valence-electron chi connectivity index (χ1n) is 9.53. The van der Waals surface area contributed by atoms with Crippen LogP contribution in [0, 0.1) is 6.92 Å². The Labute approximate surface area is 193 Å². The van der Waals surface area contributed by atoms with Gasteiger partial charge in [-0.3, -0.25) is 9.59 Å². The summed E-state index contributed by atoms with van der Waals surface area (Å²) in [5.74, 6) is 0.423. The van der Waals surface area contributed by atoms with Crippen LogP contribution in [0.5, 0.6) is 0 Å². The zero-order valence-electron chi connectivity index (χ0n) is 17.0. The van der Waals surface area contributed by atoms with Crippen LogP contribution in [0.4, 0.5) is 5.69 Å². The second-order valence-electron chi connectivity index (χ2n) is 6.66. The summed E-state index contributed by atoms with van der Waals surface area (Å²) >= 11 is 4.66. The summed E-state index contributed by atoms with van der Waals surface area (Å²) < 4.78 is 2.55. The van der Waals surface area contributed by atoms with Crippen molar-refractivity contribution < 1.29 is 9.59 Å². The molecule has 0 saturated heterocycles. The van der Waals surface area contributed by atoms with E-state index in [1.54, 1.807) is 18.2 Å². The standard InChI is InChI=1S/C22H22BrN5O2S/c1-3-12-28-19(13-24-21(30)17-6-4-5-7-18(17)23)26-27-22(28)31-14-20(29)25-16-10-8-15(2)9-11-16/h3-11H,1,12-14H2,2H3,(H,24,30)(H,25,29). The molecule has 31 heavy (non-hydrogen) atoms. The number of anilines is 1. The van der Waals surface area contributed by atoms with Gasteiger partial charge in [-0.25, -0.2) is 0 Å². The number of allylic oxidation sites excluding steroid dienone is 1. The van der Waals surface area contributed by atoms with Crippen molar-refractivity contribution in [1.29, 1.82) is 0 Å². The maximum Gasteiger partial charge on any atom is 0.252 e. The Kier molecular flexibility index (Phi) is 8.02. The van der Waals surface area contributed by atoms with E-state index in [-0.39, 0.29) is 24.1 Å². The van der Waals surface area contributed by atoms with Crippen molar-refractivity contribution in [2.75, 3.05) is 11.1 Å². The van der Waals surface area contributed by atoms with Crippen LogP contribution in [0.15, 0.2) is 70.8 Å². The second-order valence-corrected chi connectivity index (χ2v) is 8.46.